The molecule has 0 bridgehead atoms. The molecule has 1 aromatic carbocycles. The first-order chi connectivity index (χ1) is 8.63. The Morgan fingerprint density at radius 2 is 2.06 bits per heavy atom. The predicted molar refractivity (Wildman–Crippen MR) is 76.7 cm³/mol. The van der Waals surface area contributed by atoms with E-state index in [1.54, 1.807) is 0 Å². The minimum Gasteiger partial charge on any atom is -0.334 e. The summed E-state index contributed by atoms with van der Waals surface area (Å²) in [5.74, 6) is 6.43. The minimum absolute atomic E-state index is 0.109. The maximum atomic E-state index is 12.4. The molecule has 1 heterocycles. The normalized spacial score (nSPS) is 23.8. The van der Waals surface area contributed by atoms with Gasteiger partial charge in [-0.05, 0) is 31.2 Å². The Bertz CT molecular complexity index is 421. The summed E-state index contributed by atoms with van der Waals surface area (Å²) in [5.41, 5.74) is 4.09. The number of carbonyl (C=O) groups is 1. The average Bonchev–Trinajstić information content (AvgIpc) is 2.41. The van der Waals surface area contributed by atoms with Crippen LogP contribution in [0, 0.1) is 0 Å². The second-order valence-electron chi connectivity index (χ2n) is 4.54. The van der Waals surface area contributed by atoms with Crippen LogP contribution in [-0.4, -0.2) is 34.4 Å². The van der Waals surface area contributed by atoms with Gasteiger partial charge in [0.25, 0.3) is 5.91 Å². The molecule has 1 saturated heterocycles. The molecule has 2 rings (SSSR count). The Hall–Kier alpha value is -1.20. The van der Waals surface area contributed by atoms with Crippen LogP contribution in [0.25, 0.3) is 0 Å². The molecule has 0 aliphatic carbocycles. The Morgan fingerprint density at radius 3 is 2.67 bits per heavy atom. The van der Waals surface area contributed by atoms with Gasteiger partial charge < -0.3 is 10.3 Å². The Kier molecular flexibility index (Phi) is 4.14. The van der Waals surface area contributed by atoms with Gasteiger partial charge in [0.15, 0.2) is 0 Å². The lowest BCUT2D eigenvalue weighted by Gasteiger charge is -2.37. The molecule has 1 fully saturated rings. The van der Waals surface area contributed by atoms with Crippen molar-refractivity contribution in [1.29, 1.82) is 0 Å². The molecule has 3 N–H and O–H groups in total. The summed E-state index contributed by atoms with van der Waals surface area (Å²) < 4.78 is 0. The maximum absolute atomic E-state index is 12.4. The van der Waals surface area contributed by atoms with Crippen LogP contribution in [0.2, 0.25) is 0 Å². The van der Waals surface area contributed by atoms with E-state index in [1.165, 1.54) is 0 Å². The molecule has 0 saturated carbocycles. The summed E-state index contributed by atoms with van der Waals surface area (Å²) in [6, 6.07) is 7.55. The number of hydrogen-bond donors (Lipinski definition) is 2. The zero-order valence-electron chi connectivity index (χ0n) is 10.7. The molecule has 1 amide bonds. The van der Waals surface area contributed by atoms with E-state index in [4.69, 9.17) is 5.84 Å². The fraction of sp³-hybridized carbons (Fsp3) is 0.462. The maximum Gasteiger partial charge on any atom is 0.254 e. The van der Waals surface area contributed by atoms with Crippen molar-refractivity contribution in [3.8, 4) is 0 Å². The van der Waals surface area contributed by atoms with Crippen LogP contribution in [0.5, 0.6) is 0 Å². The van der Waals surface area contributed by atoms with Gasteiger partial charge in [-0.1, -0.05) is 6.92 Å². The van der Waals surface area contributed by atoms with Gasteiger partial charge in [0.2, 0.25) is 0 Å². The first-order valence-corrected chi connectivity index (χ1v) is 7.17. The third kappa shape index (κ3) is 2.62. The summed E-state index contributed by atoms with van der Waals surface area (Å²) in [6.07, 6.45) is 0. The molecule has 98 valence electrons. The molecule has 18 heavy (non-hydrogen) atoms. The van der Waals surface area contributed by atoms with E-state index >= 15 is 0 Å². The van der Waals surface area contributed by atoms with E-state index in [9.17, 15) is 4.79 Å². The van der Waals surface area contributed by atoms with Crippen LogP contribution in [0.15, 0.2) is 24.3 Å². The number of anilines is 1. The van der Waals surface area contributed by atoms with Crippen LogP contribution in [0.4, 0.5) is 5.69 Å². The topological polar surface area (TPSA) is 58.4 Å². The Balaban J connectivity index is 2.14. The third-order valence-corrected chi connectivity index (χ3v) is 4.78. The molecule has 2 unspecified atom stereocenters. The summed E-state index contributed by atoms with van der Waals surface area (Å²) in [5, 5.41) is 0.493. The predicted octanol–water partition coefficient (Wildman–Crippen LogP) is 1.94. The highest BCUT2D eigenvalue weighted by atomic mass is 32.2. The van der Waals surface area contributed by atoms with Crippen molar-refractivity contribution in [3.05, 3.63) is 29.8 Å². The van der Waals surface area contributed by atoms with Gasteiger partial charge in [0, 0.05) is 34.8 Å². The number of nitrogen functional groups attached to an aromatic ring is 1. The average molecular weight is 265 g/mol. The summed E-state index contributed by atoms with van der Waals surface area (Å²) in [6.45, 7) is 5.12. The van der Waals surface area contributed by atoms with E-state index in [0.717, 1.165) is 23.5 Å². The highest BCUT2D eigenvalue weighted by molar-refractivity contribution is 8.00. The Morgan fingerprint density at radius 1 is 1.39 bits per heavy atom. The van der Waals surface area contributed by atoms with Crippen molar-refractivity contribution in [1.82, 2.24) is 4.90 Å². The Labute approximate surface area is 112 Å². The second kappa shape index (κ2) is 5.63. The highest BCUT2D eigenvalue weighted by Crippen LogP contribution is 2.25. The number of benzene rings is 1. The van der Waals surface area contributed by atoms with E-state index in [0.29, 0.717) is 5.25 Å². The van der Waals surface area contributed by atoms with Gasteiger partial charge in [-0.2, -0.15) is 11.8 Å². The number of nitrogens with zero attached hydrogens (tertiary/aromatic N) is 1. The number of thioether (sulfide) groups is 1. The van der Waals surface area contributed by atoms with E-state index < -0.39 is 0 Å². The monoisotopic (exact) mass is 265 g/mol. The molecule has 5 heteroatoms. The second-order valence-corrected chi connectivity index (χ2v) is 6.02. The van der Waals surface area contributed by atoms with Crippen molar-refractivity contribution in [2.24, 2.45) is 5.84 Å². The van der Waals surface area contributed by atoms with E-state index in [-0.39, 0.29) is 11.9 Å². The first-order valence-electron chi connectivity index (χ1n) is 6.12. The van der Waals surface area contributed by atoms with Crippen molar-refractivity contribution >= 4 is 23.4 Å². The molecular formula is C13H19N3OS. The van der Waals surface area contributed by atoms with Gasteiger partial charge in [0.1, 0.15) is 0 Å². The SMILES string of the molecule is CC1SCCN(C(=O)c2ccc(NN)cc2)C1C. The first kappa shape index (κ1) is 13.2. The largest absolute Gasteiger partial charge is 0.334 e. The van der Waals surface area contributed by atoms with Gasteiger partial charge in [-0.3, -0.25) is 10.6 Å². The number of nitrogens with one attached hydrogen (secondary N) is 1. The zero-order chi connectivity index (χ0) is 13.1. The van der Waals surface area contributed by atoms with Gasteiger partial charge in [-0.25, -0.2) is 0 Å². The standard InChI is InChI=1S/C13H19N3OS/c1-9-10(2)18-8-7-16(9)13(17)11-3-5-12(15-14)6-4-11/h3-6,9-10,15H,7-8,14H2,1-2H3. The number of carbonyl (C=O) groups excluding carboxylic acids is 1. The number of hydrazine groups is 1. The van der Waals surface area contributed by atoms with Crippen molar-refractivity contribution < 1.29 is 4.79 Å². The molecule has 1 aliphatic rings. The van der Waals surface area contributed by atoms with Crippen molar-refractivity contribution in [2.45, 2.75) is 25.1 Å². The molecule has 1 aliphatic heterocycles. The molecule has 4 nitrogen and oxygen atoms in total. The smallest absolute Gasteiger partial charge is 0.254 e. The molecule has 0 radical (unpaired) electrons. The lowest BCUT2D eigenvalue weighted by atomic mass is 10.1. The van der Waals surface area contributed by atoms with Crippen LogP contribution >= 0.6 is 11.8 Å². The molecule has 1 aromatic rings. The quantitative estimate of drug-likeness (QED) is 0.634. The van der Waals surface area contributed by atoms with Gasteiger partial charge >= 0.3 is 0 Å². The van der Waals surface area contributed by atoms with Gasteiger partial charge in [-0.15, -0.1) is 0 Å². The fourth-order valence-corrected chi connectivity index (χ4v) is 3.19. The lowest BCUT2D eigenvalue weighted by molar-refractivity contribution is 0.0698. The fourth-order valence-electron chi connectivity index (χ4n) is 2.09. The number of amides is 1. The molecule has 2 atom stereocenters. The third-order valence-electron chi connectivity index (χ3n) is 3.44. The zero-order valence-corrected chi connectivity index (χ0v) is 11.5. The number of rotatable bonds is 2. The van der Waals surface area contributed by atoms with Crippen LogP contribution in [-0.2, 0) is 0 Å². The number of nitrogens with two attached hydrogens (primary N) is 1. The van der Waals surface area contributed by atoms with Crippen LogP contribution in [0.1, 0.15) is 24.2 Å². The summed E-state index contributed by atoms with van der Waals surface area (Å²) in [4.78, 5) is 14.4. The molecular weight excluding hydrogens is 246 g/mol. The van der Waals surface area contributed by atoms with Crippen LogP contribution in [0.3, 0.4) is 0 Å². The van der Waals surface area contributed by atoms with Crippen molar-refractivity contribution in [2.75, 3.05) is 17.7 Å². The minimum atomic E-state index is 0.109. The lowest BCUT2D eigenvalue weighted by Crippen LogP contribution is -2.47. The molecule has 0 aromatic heterocycles. The number of hydrogen-bond acceptors (Lipinski definition) is 4. The van der Waals surface area contributed by atoms with Crippen LogP contribution < -0.4 is 11.3 Å². The summed E-state index contributed by atoms with van der Waals surface area (Å²) in [7, 11) is 0. The molecule has 0 spiro atoms. The van der Waals surface area contributed by atoms with Gasteiger partial charge in [0.05, 0.1) is 0 Å². The van der Waals surface area contributed by atoms with Crippen molar-refractivity contribution in [3.63, 3.8) is 0 Å². The van der Waals surface area contributed by atoms with E-state index in [2.05, 4.69) is 19.3 Å². The van der Waals surface area contributed by atoms with E-state index in [1.807, 2.05) is 40.9 Å². The highest BCUT2D eigenvalue weighted by Gasteiger charge is 2.29. The summed E-state index contributed by atoms with van der Waals surface area (Å²) >= 11 is 1.93.